The Morgan fingerprint density at radius 3 is 1.90 bits per heavy atom. The minimum atomic E-state index is 0.899. The highest BCUT2D eigenvalue weighted by molar-refractivity contribution is 6.26. The van der Waals surface area contributed by atoms with Crippen LogP contribution in [0.2, 0.25) is 0 Å². The number of H-pyrrole nitrogens is 3. The van der Waals surface area contributed by atoms with Crippen molar-refractivity contribution >= 4 is 87.2 Å². The van der Waals surface area contributed by atoms with E-state index in [0.717, 1.165) is 44.9 Å². The molecule has 0 saturated heterocycles. The molecule has 0 aliphatic heterocycles. The molecule has 0 radical (unpaired) electrons. The number of benzene rings is 5. The first-order valence-electron chi connectivity index (χ1n) is 14.4. The molecule has 194 valence electrons. The summed E-state index contributed by atoms with van der Waals surface area (Å²) >= 11 is 0. The molecule has 0 atom stereocenters. The van der Waals surface area contributed by atoms with Crippen molar-refractivity contribution in [3.05, 3.63) is 108 Å². The molecule has 3 N–H and O–H groups in total. The third-order valence-electron chi connectivity index (χ3n) is 9.52. The first kappa shape index (κ1) is 21.1. The second kappa shape index (κ2) is 7.14. The van der Waals surface area contributed by atoms with Crippen LogP contribution in [0.25, 0.3) is 98.4 Å². The van der Waals surface area contributed by atoms with Crippen LogP contribution in [-0.2, 0) is 6.42 Å². The largest absolute Gasteiger partial charge is 0.354 e. The van der Waals surface area contributed by atoms with E-state index in [4.69, 9.17) is 9.97 Å². The Kier molecular flexibility index (Phi) is 3.59. The number of rotatable bonds is 0. The van der Waals surface area contributed by atoms with E-state index < -0.39 is 0 Å². The Bertz CT molecular complexity index is 2830. The normalized spacial score (nSPS) is 13.1. The Balaban J connectivity index is 1.19. The molecule has 0 amide bonds. The van der Waals surface area contributed by atoms with E-state index >= 15 is 0 Å². The summed E-state index contributed by atoms with van der Waals surface area (Å²) in [6.07, 6.45) is 4.94. The molecule has 5 nitrogen and oxygen atoms in total. The number of nitrogens with one attached hydrogen (secondary N) is 3. The van der Waals surface area contributed by atoms with Crippen LogP contribution in [0, 0.1) is 0 Å². The fourth-order valence-electron chi connectivity index (χ4n) is 7.68. The molecule has 1 aliphatic carbocycles. The summed E-state index contributed by atoms with van der Waals surface area (Å²) in [4.78, 5) is 20.9. The van der Waals surface area contributed by atoms with Crippen molar-refractivity contribution in [2.45, 2.75) is 6.42 Å². The Hall–Kier alpha value is -5.68. The van der Waals surface area contributed by atoms with Crippen molar-refractivity contribution in [3.8, 4) is 11.1 Å². The first-order valence-corrected chi connectivity index (χ1v) is 14.4. The highest BCUT2D eigenvalue weighted by Gasteiger charge is 2.24. The first-order chi connectivity index (χ1) is 20.8. The predicted molar refractivity (Wildman–Crippen MR) is 173 cm³/mol. The van der Waals surface area contributed by atoms with Gasteiger partial charge in [0.25, 0.3) is 0 Å². The zero-order valence-electron chi connectivity index (χ0n) is 22.3. The van der Waals surface area contributed by atoms with Crippen LogP contribution in [-0.4, -0.2) is 24.9 Å². The summed E-state index contributed by atoms with van der Waals surface area (Å²) in [5.41, 5.74) is 14.0. The molecule has 5 aromatic carbocycles. The number of aromatic nitrogens is 5. The van der Waals surface area contributed by atoms with Gasteiger partial charge in [0.1, 0.15) is 0 Å². The number of hydrogen-bond acceptors (Lipinski definition) is 2. The van der Waals surface area contributed by atoms with E-state index in [2.05, 4.69) is 106 Å². The third kappa shape index (κ3) is 2.51. The molecule has 0 fully saturated rings. The van der Waals surface area contributed by atoms with Gasteiger partial charge in [-0.05, 0) is 58.7 Å². The molecule has 1 aliphatic rings. The second-order valence-electron chi connectivity index (χ2n) is 11.7. The zero-order chi connectivity index (χ0) is 27.1. The number of hydrogen-bond donors (Lipinski definition) is 3. The quantitative estimate of drug-likeness (QED) is 0.169. The molecule has 42 heavy (non-hydrogen) atoms. The highest BCUT2D eigenvalue weighted by atomic mass is 14.8. The fourth-order valence-corrected chi connectivity index (χ4v) is 7.68. The van der Waals surface area contributed by atoms with Crippen molar-refractivity contribution in [1.29, 1.82) is 0 Å². The summed E-state index contributed by atoms with van der Waals surface area (Å²) in [6, 6.07) is 30.8. The van der Waals surface area contributed by atoms with E-state index in [-0.39, 0.29) is 0 Å². The van der Waals surface area contributed by atoms with Gasteiger partial charge in [-0.25, -0.2) is 0 Å². The van der Waals surface area contributed by atoms with Gasteiger partial charge in [-0.15, -0.1) is 0 Å². The maximum atomic E-state index is 5.03. The predicted octanol–water partition coefficient (Wildman–Crippen LogP) is 9.26. The number of aromatic amines is 3. The number of pyridine rings is 2. The smallest absolute Gasteiger partial charge is 0.0972 e. The van der Waals surface area contributed by atoms with Gasteiger partial charge in [0.15, 0.2) is 0 Å². The van der Waals surface area contributed by atoms with E-state index in [0.29, 0.717) is 0 Å². The molecule has 0 bridgehead atoms. The second-order valence-corrected chi connectivity index (χ2v) is 11.7. The topological polar surface area (TPSA) is 73.2 Å². The standard InChI is InChI=1S/C37H21N5/c1-3-7-28-20(5-1)25-12-18-11-19-16-38-36-22(34(19)24(18)13-30(25)40-28)9-10-23-35-27-15-31-26(21-6-2-4-8-29(21)41-31)14-32(27)42-33(35)17-39-37(23)36/h1-10,12-17,40-42H,11H2. The van der Waals surface area contributed by atoms with Crippen molar-refractivity contribution in [2.24, 2.45) is 0 Å². The molecular weight excluding hydrogens is 514 g/mol. The summed E-state index contributed by atoms with van der Waals surface area (Å²) < 4.78 is 0. The summed E-state index contributed by atoms with van der Waals surface area (Å²) in [7, 11) is 0. The van der Waals surface area contributed by atoms with Gasteiger partial charge in [0, 0.05) is 83.3 Å². The van der Waals surface area contributed by atoms with Crippen LogP contribution < -0.4 is 0 Å². The van der Waals surface area contributed by atoms with Gasteiger partial charge >= 0.3 is 0 Å². The van der Waals surface area contributed by atoms with Gasteiger partial charge < -0.3 is 15.0 Å². The Morgan fingerprint density at radius 1 is 0.452 bits per heavy atom. The van der Waals surface area contributed by atoms with Crippen LogP contribution in [0.3, 0.4) is 0 Å². The maximum Gasteiger partial charge on any atom is 0.0972 e. The van der Waals surface area contributed by atoms with Crippen molar-refractivity contribution < 1.29 is 0 Å². The molecule has 5 heterocycles. The number of fused-ring (bicyclic) bond motifs is 17. The Morgan fingerprint density at radius 2 is 1.07 bits per heavy atom. The molecule has 5 heteroatoms. The Labute approximate surface area is 237 Å². The van der Waals surface area contributed by atoms with E-state index in [9.17, 15) is 0 Å². The van der Waals surface area contributed by atoms with Gasteiger partial charge in [-0.1, -0.05) is 48.5 Å². The highest BCUT2D eigenvalue weighted by Crippen LogP contribution is 2.45. The van der Waals surface area contributed by atoms with E-state index in [1.807, 2.05) is 6.20 Å². The van der Waals surface area contributed by atoms with Crippen LogP contribution in [0.4, 0.5) is 0 Å². The molecule has 0 saturated carbocycles. The van der Waals surface area contributed by atoms with Gasteiger partial charge in [0.2, 0.25) is 0 Å². The van der Waals surface area contributed by atoms with E-state index in [1.165, 1.54) is 71.0 Å². The van der Waals surface area contributed by atoms with Crippen LogP contribution in [0.5, 0.6) is 0 Å². The fraction of sp³-hybridized carbons (Fsp3) is 0.0270. The van der Waals surface area contributed by atoms with Gasteiger partial charge in [0.05, 0.1) is 22.7 Å². The molecular formula is C37H21N5. The van der Waals surface area contributed by atoms with Crippen molar-refractivity contribution in [2.75, 3.05) is 0 Å². The summed E-state index contributed by atoms with van der Waals surface area (Å²) in [6.45, 7) is 0. The maximum absolute atomic E-state index is 5.03. The SMILES string of the molecule is c1ccc2c(c1)[nH]c1cc3c(cc12)Cc1cnc2c(ccc4c2ncc2[nH]c5cc6c(cc5c24)[nH]c2ccccc26)c1-3. The van der Waals surface area contributed by atoms with Crippen LogP contribution >= 0.6 is 0 Å². The minimum absolute atomic E-state index is 0.899. The molecule has 5 aromatic heterocycles. The van der Waals surface area contributed by atoms with Crippen LogP contribution in [0.1, 0.15) is 11.1 Å². The average Bonchev–Trinajstić information content (AvgIpc) is 3.77. The summed E-state index contributed by atoms with van der Waals surface area (Å²) in [5, 5.41) is 9.71. The van der Waals surface area contributed by atoms with Gasteiger partial charge in [-0.2, -0.15) is 0 Å². The lowest BCUT2D eigenvalue weighted by atomic mass is 9.97. The lowest BCUT2D eigenvalue weighted by Gasteiger charge is -2.09. The molecule has 0 unspecified atom stereocenters. The molecule has 0 spiro atoms. The molecule has 11 rings (SSSR count). The van der Waals surface area contributed by atoms with Crippen molar-refractivity contribution in [1.82, 2.24) is 24.9 Å². The monoisotopic (exact) mass is 535 g/mol. The molecule has 10 aromatic rings. The van der Waals surface area contributed by atoms with Crippen LogP contribution in [0.15, 0.2) is 97.3 Å². The van der Waals surface area contributed by atoms with E-state index in [1.54, 1.807) is 0 Å². The average molecular weight is 536 g/mol. The zero-order valence-corrected chi connectivity index (χ0v) is 22.3. The number of para-hydroxylation sites is 2. The minimum Gasteiger partial charge on any atom is -0.354 e. The lowest BCUT2D eigenvalue weighted by Crippen LogP contribution is -1.90. The third-order valence-corrected chi connectivity index (χ3v) is 9.52. The lowest BCUT2D eigenvalue weighted by molar-refractivity contribution is 1.23. The number of nitrogens with zero attached hydrogens (tertiary/aromatic N) is 2. The van der Waals surface area contributed by atoms with Crippen molar-refractivity contribution in [3.63, 3.8) is 0 Å². The van der Waals surface area contributed by atoms with Gasteiger partial charge in [-0.3, -0.25) is 9.97 Å². The summed E-state index contributed by atoms with van der Waals surface area (Å²) in [5.74, 6) is 0.